The number of amides is 2. The number of hydrogen-bond acceptors (Lipinski definition) is 3. The molecule has 0 aliphatic carbocycles. The van der Waals surface area contributed by atoms with E-state index in [1.807, 2.05) is 15.6 Å². The van der Waals surface area contributed by atoms with Gasteiger partial charge in [0.25, 0.3) is 0 Å². The zero-order valence-electron chi connectivity index (χ0n) is 15.4. The highest BCUT2D eigenvalue weighted by molar-refractivity contribution is 5.75. The lowest BCUT2D eigenvalue weighted by molar-refractivity contribution is 0.193. The second-order valence-corrected chi connectivity index (χ2v) is 7.66. The Kier molecular flexibility index (Phi) is 4.79. The van der Waals surface area contributed by atoms with Crippen LogP contribution in [0.25, 0.3) is 0 Å². The summed E-state index contributed by atoms with van der Waals surface area (Å²) in [6, 6.07) is 10.6. The number of hydrogen-bond donors (Lipinski definition) is 1. The van der Waals surface area contributed by atoms with E-state index < -0.39 is 0 Å². The molecule has 1 aromatic heterocycles. The fourth-order valence-corrected chi connectivity index (χ4v) is 3.57. The first-order valence-corrected chi connectivity index (χ1v) is 8.86. The summed E-state index contributed by atoms with van der Waals surface area (Å²) in [6.07, 6.45) is 2.54. The fraction of sp³-hybridized carbons (Fsp3) is 0.526. The van der Waals surface area contributed by atoms with E-state index in [0.717, 1.165) is 18.8 Å². The van der Waals surface area contributed by atoms with Crippen LogP contribution < -0.4 is 5.32 Å². The van der Waals surface area contributed by atoms with Crippen molar-refractivity contribution in [3.63, 3.8) is 0 Å². The lowest BCUT2D eigenvalue weighted by atomic mass is 9.93. The summed E-state index contributed by atoms with van der Waals surface area (Å²) in [4.78, 5) is 18.9. The molecule has 6 nitrogen and oxygen atoms in total. The van der Waals surface area contributed by atoms with Crippen LogP contribution in [0.2, 0.25) is 0 Å². The molecule has 1 aliphatic heterocycles. The van der Waals surface area contributed by atoms with Gasteiger partial charge in [-0.05, 0) is 39.7 Å². The lowest BCUT2D eigenvalue weighted by Gasteiger charge is -2.26. The fourth-order valence-electron chi connectivity index (χ4n) is 3.57. The molecule has 1 fully saturated rings. The maximum Gasteiger partial charge on any atom is 0.318 e. The Morgan fingerprint density at radius 3 is 2.68 bits per heavy atom. The average Bonchev–Trinajstić information content (AvgIpc) is 3.19. The van der Waals surface area contributed by atoms with Gasteiger partial charge in [-0.15, -0.1) is 0 Å². The van der Waals surface area contributed by atoms with Crippen LogP contribution >= 0.6 is 0 Å². The normalized spacial score (nSPS) is 20.7. The van der Waals surface area contributed by atoms with E-state index in [2.05, 4.69) is 67.4 Å². The minimum Gasteiger partial charge on any atom is -0.331 e. The van der Waals surface area contributed by atoms with E-state index in [-0.39, 0.29) is 17.6 Å². The van der Waals surface area contributed by atoms with Crippen molar-refractivity contribution in [3.8, 4) is 0 Å². The Balaban J connectivity index is 1.62. The molecule has 1 N–H and O–H groups in total. The van der Waals surface area contributed by atoms with Gasteiger partial charge in [-0.3, -0.25) is 0 Å². The van der Waals surface area contributed by atoms with E-state index in [9.17, 15) is 4.79 Å². The quantitative estimate of drug-likeness (QED) is 0.933. The Morgan fingerprint density at radius 1 is 1.28 bits per heavy atom. The summed E-state index contributed by atoms with van der Waals surface area (Å²) >= 11 is 0. The summed E-state index contributed by atoms with van der Waals surface area (Å²) in [5, 5.41) is 7.28. The number of aromatic nitrogens is 3. The largest absolute Gasteiger partial charge is 0.331 e. The molecule has 2 amide bonds. The number of nitrogens with zero attached hydrogens (tertiary/aromatic N) is 4. The minimum atomic E-state index is -0.157. The average molecular weight is 341 g/mol. The number of rotatable bonds is 3. The molecule has 1 aliphatic rings. The van der Waals surface area contributed by atoms with Crippen molar-refractivity contribution in [2.24, 2.45) is 0 Å². The molecule has 0 saturated carbocycles. The lowest BCUT2D eigenvalue weighted by Crippen LogP contribution is -2.43. The first kappa shape index (κ1) is 17.5. The van der Waals surface area contributed by atoms with Crippen LogP contribution in [-0.2, 0) is 12.1 Å². The molecule has 0 radical (unpaired) electrons. The SMILES string of the molecule is C[C@H]1[C@@H](c2ccccc2)CCN1C(=O)NCc1ncnn1C(C)(C)C. The monoisotopic (exact) mass is 341 g/mol. The summed E-state index contributed by atoms with van der Waals surface area (Å²) < 4.78 is 1.85. The number of likely N-dealkylation sites (tertiary alicyclic amines) is 1. The van der Waals surface area contributed by atoms with E-state index in [0.29, 0.717) is 12.5 Å². The third-order valence-electron chi connectivity index (χ3n) is 4.90. The second kappa shape index (κ2) is 6.86. The molecule has 134 valence electrons. The van der Waals surface area contributed by atoms with Gasteiger partial charge >= 0.3 is 6.03 Å². The van der Waals surface area contributed by atoms with Crippen LogP contribution in [0.5, 0.6) is 0 Å². The van der Waals surface area contributed by atoms with Gasteiger partial charge in [-0.25, -0.2) is 14.5 Å². The van der Waals surface area contributed by atoms with Crippen molar-refractivity contribution >= 4 is 6.03 Å². The number of urea groups is 1. The van der Waals surface area contributed by atoms with Crippen molar-refractivity contribution in [2.75, 3.05) is 6.54 Å². The van der Waals surface area contributed by atoms with Crippen LogP contribution in [-0.4, -0.2) is 38.3 Å². The van der Waals surface area contributed by atoms with Crippen LogP contribution in [0.1, 0.15) is 51.4 Å². The zero-order chi connectivity index (χ0) is 18.0. The highest BCUT2D eigenvalue weighted by Gasteiger charge is 2.34. The highest BCUT2D eigenvalue weighted by Crippen LogP contribution is 2.33. The molecule has 0 spiro atoms. The molecule has 6 heteroatoms. The standard InChI is InChI=1S/C19H27N5O/c1-14-16(15-8-6-5-7-9-15)10-11-23(14)18(25)20-12-17-21-13-22-24(17)19(2,3)4/h5-9,13-14,16H,10-12H2,1-4H3,(H,20,25)/t14-,16-/m0/s1. The number of benzene rings is 1. The van der Waals surface area contributed by atoms with Crippen LogP contribution in [0, 0.1) is 0 Å². The molecular formula is C19H27N5O. The van der Waals surface area contributed by atoms with Gasteiger partial charge < -0.3 is 10.2 Å². The van der Waals surface area contributed by atoms with Gasteiger partial charge in [-0.1, -0.05) is 30.3 Å². The molecule has 1 saturated heterocycles. The van der Waals surface area contributed by atoms with Gasteiger partial charge in [0.15, 0.2) is 0 Å². The number of carbonyl (C=O) groups excluding carboxylic acids is 1. The van der Waals surface area contributed by atoms with Crippen molar-refractivity contribution < 1.29 is 4.79 Å². The van der Waals surface area contributed by atoms with E-state index >= 15 is 0 Å². The number of carbonyl (C=O) groups is 1. The molecule has 2 heterocycles. The molecule has 25 heavy (non-hydrogen) atoms. The predicted octanol–water partition coefficient (Wildman–Crippen LogP) is 3.12. The second-order valence-electron chi connectivity index (χ2n) is 7.66. The minimum absolute atomic E-state index is 0.0330. The molecule has 3 rings (SSSR count). The highest BCUT2D eigenvalue weighted by atomic mass is 16.2. The van der Waals surface area contributed by atoms with E-state index in [1.54, 1.807) is 0 Å². The summed E-state index contributed by atoms with van der Waals surface area (Å²) in [5.41, 5.74) is 1.15. The molecule has 2 aromatic rings. The van der Waals surface area contributed by atoms with E-state index in [1.165, 1.54) is 11.9 Å². The maximum absolute atomic E-state index is 12.6. The summed E-state index contributed by atoms with van der Waals surface area (Å²) in [6.45, 7) is 9.50. The molecule has 0 unspecified atom stereocenters. The molecule has 2 atom stereocenters. The van der Waals surface area contributed by atoms with Gasteiger partial charge in [0.2, 0.25) is 0 Å². The molecule has 1 aromatic carbocycles. The van der Waals surface area contributed by atoms with Crippen LogP contribution in [0.4, 0.5) is 4.79 Å². The van der Waals surface area contributed by atoms with Gasteiger partial charge in [0, 0.05) is 18.5 Å². The zero-order valence-corrected chi connectivity index (χ0v) is 15.4. The van der Waals surface area contributed by atoms with Crippen molar-refractivity contribution in [1.82, 2.24) is 25.0 Å². The Hall–Kier alpha value is -2.37. The first-order chi connectivity index (χ1) is 11.9. The topological polar surface area (TPSA) is 63.1 Å². The Morgan fingerprint density at radius 2 is 2.00 bits per heavy atom. The molecular weight excluding hydrogens is 314 g/mol. The third-order valence-corrected chi connectivity index (χ3v) is 4.90. The summed E-state index contributed by atoms with van der Waals surface area (Å²) in [7, 11) is 0. The first-order valence-electron chi connectivity index (χ1n) is 8.86. The van der Waals surface area contributed by atoms with Gasteiger partial charge in [-0.2, -0.15) is 5.10 Å². The smallest absolute Gasteiger partial charge is 0.318 e. The van der Waals surface area contributed by atoms with Crippen molar-refractivity contribution in [2.45, 2.75) is 58.2 Å². The van der Waals surface area contributed by atoms with Gasteiger partial charge in [0.1, 0.15) is 12.2 Å². The predicted molar refractivity (Wildman–Crippen MR) is 97.2 cm³/mol. The third kappa shape index (κ3) is 3.67. The van der Waals surface area contributed by atoms with Crippen LogP contribution in [0.3, 0.4) is 0 Å². The van der Waals surface area contributed by atoms with Crippen molar-refractivity contribution in [1.29, 1.82) is 0 Å². The Bertz CT molecular complexity index is 719. The summed E-state index contributed by atoms with van der Waals surface area (Å²) in [5.74, 6) is 1.16. The van der Waals surface area contributed by atoms with Crippen LogP contribution in [0.15, 0.2) is 36.7 Å². The van der Waals surface area contributed by atoms with Gasteiger partial charge in [0.05, 0.1) is 12.1 Å². The van der Waals surface area contributed by atoms with E-state index in [4.69, 9.17) is 0 Å². The maximum atomic E-state index is 12.6. The molecule has 0 bridgehead atoms. The Labute approximate surface area is 149 Å². The van der Waals surface area contributed by atoms with Crippen molar-refractivity contribution in [3.05, 3.63) is 48.0 Å². The number of nitrogens with one attached hydrogen (secondary N) is 1.